The van der Waals surface area contributed by atoms with Gasteiger partial charge in [-0.3, -0.25) is 9.59 Å². The number of carbonyl (C=O) groups is 2. The molecule has 1 fully saturated rings. The summed E-state index contributed by atoms with van der Waals surface area (Å²) < 4.78 is 0. The van der Waals surface area contributed by atoms with Crippen molar-refractivity contribution in [2.75, 3.05) is 18.4 Å². The molecule has 0 saturated carbocycles. The summed E-state index contributed by atoms with van der Waals surface area (Å²) in [6.45, 7) is 7.76. The van der Waals surface area contributed by atoms with Gasteiger partial charge in [-0.2, -0.15) is 0 Å². The van der Waals surface area contributed by atoms with Crippen LogP contribution in [-0.2, 0) is 0 Å². The summed E-state index contributed by atoms with van der Waals surface area (Å²) in [4.78, 5) is 27.3. The highest BCUT2D eigenvalue weighted by atomic mass is 16.2. The Bertz CT molecular complexity index is 808. The molecule has 1 atom stereocenters. The Morgan fingerprint density at radius 1 is 1.04 bits per heavy atom. The molecule has 4 nitrogen and oxygen atoms in total. The topological polar surface area (TPSA) is 49.4 Å². The third-order valence-corrected chi connectivity index (χ3v) is 4.80. The van der Waals surface area contributed by atoms with Crippen molar-refractivity contribution in [3.63, 3.8) is 0 Å². The molecule has 136 valence electrons. The highest BCUT2D eigenvalue weighted by Gasteiger charge is 2.22. The molecule has 0 aliphatic carbocycles. The summed E-state index contributed by atoms with van der Waals surface area (Å²) in [5.41, 5.74) is 4.05. The summed E-state index contributed by atoms with van der Waals surface area (Å²) in [6, 6.07) is 12.9. The van der Waals surface area contributed by atoms with E-state index in [2.05, 4.69) is 18.3 Å². The number of carbonyl (C=O) groups excluding carboxylic acids is 2. The van der Waals surface area contributed by atoms with Crippen LogP contribution in [0.15, 0.2) is 42.5 Å². The van der Waals surface area contributed by atoms with Gasteiger partial charge in [0.1, 0.15) is 0 Å². The normalized spacial score (nSPS) is 17.0. The summed E-state index contributed by atoms with van der Waals surface area (Å²) in [7, 11) is 0. The van der Waals surface area contributed by atoms with Crippen molar-refractivity contribution < 1.29 is 9.59 Å². The largest absolute Gasteiger partial charge is 0.338 e. The van der Waals surface area contributed by atoms with Crippen molar-refractivity contribution in [3.05, 3.63) is 64.7 Å². The summed E-state index contributed by atoms with van der Waals surface area (Å²) in [5.74, 6) is 0.345. The average Bonchev–Trinajstić information content (AvgIpc) is 2.60. The number of amides is 2. The molecule has 3 rings (SSSR count). The Morgan fingerprint density at radius 3 is 2.42 bits per heavy atom. The lowest BCUT2D eigenvalue weighted by atomic mass is 9.99. The third kappa shape index (κ3) is 4.31. The zero-order valence-corrected chi connectivity index (χ0v) is 15.7. The molecular formula is C22H26N2O2. The number of anilines is 1. The van der Waals surface area contributed by atoms with Crippen LogP contribution in [0.25, 0.3) is 0 Å². The standard InChI is InChI=1S/C22H26N2O2/c1-15-6-5-9-24(14-15)22(26)19-8-4-7-18(13-19)21(25)23-20-11-16(2)10-17(3)12-20/h4,7-8,10-13,15H,5-6,9,14H2,1-3H3,(H,23,25). The monoisotopic (exact) mass is 350 g/mol. The predicted octanol–water partition coefficient (Wildman–Crippen LogP) is 4.43. The van der Waals surface area contributed by atoms with Crippen LogP contribution in [0, 0.1) is 19.8 Å². The van der Waals surface area contributed by atoms with Crippen LogP contribution < -0.4 is 5.32 Å². The van der Waals surface area contributed by atoms with Gasteiger partial charge in [-0.1, -0.05) is 19.1 Å². The first-order valence-electron chi connectivity index (χ1n) is 9.21. The summed E-state index contributed by atoms with van der Waals surface area (Å²) >= 11 is 0. The van der Waals surface area contributed by atoms with Gasteiger partial charge in [0.15, 0.2) is 0 Å². The molecule has 1 saturated heterocycles. The van der Waals surface area contributed by atoms with E-state index in [1.807, 2.05) is 30.9 Å². The van der Waals surface area contributed by atoms with Crippen LogP contribution in [0.3, 0.4) is 0 Å². The van der Waals surface area contributed by atoms with Crippen molar-refractivity contribution in [1.82, 2.24) is 4.90 Å². The number of hydrogen-bond acceptors (Lipinski definition) is 2. The van der Waals surface area contributed by atoms with Crippen LogP contribution >= 0.6 is 0 Å². The Hall–Kier alpha value is -2.62. The fraction of sp³-hybridized carbons (Fsp3) is 0.364. The van der Waals surface area contributed by atoms with E-state index in [0.29, 0.717) is 17.0 Å². The number of nitrogens with zero attached hydrogens (tertiary/aromatic N) is 1. The highest BCUT2D eigenvalue weighted by molar-refractivity contribution is 6.06. The average molecular weight is 350 g/mol. The van der Waals surface area contributed by atoms with Crippen LogP contribution in [0.2, 0.25) is 0 Å². The first-order valence-corrected chi connectivity index (χ1v) is 9.21. The van der Waals surface area contributed by atoms with Gasteiger partial charge in [0.05, 0.1) is 0 Å². The smallest absolute Gasteiger partial charge is 0.255 e. The highest BCUT2D eigenvalue weighted by Crippen LogP contribution is 2.19. The van der Waals surface area contributed by atoms with E-state index >= 15 is 0 Å². The van der Waals surface area contributed by atoms with Crippen molar-refractivity contribution in [1.29, 1.82) is 0 Å². The molecule has 1 aliphatic heterocycles. The molecule has 1 aliphatic rings. The fourth-order valence-electron chi connectivity index (χ4n) is 3.60. The number of nitrogens with one attached hydrogen (secondary N) is 1. The van der Waals surface area contributed by atoms with Gasteiger partial charge >= 0.3 is 0 Å². The van der Waals surface area contributed by atoms with Crippen LogP contribution in [0.5, 0.6) is 0 Å². The van der Waals surface area contributed by atoms with Crippen LogP contribution in [-0.4, -0.2) is 29.8 Å². The first-order chi connectivity index (χ1) is 12.4. The van der Waals surface area contributed by atoms with Crippen molar-refractivity contribution in [2.45, 2.75) is 33.6 Å². The molecule has 26 heavy (non-hydrogen) atoms. The molecule has 0 spiro atoms. The number of likely N-dealkylation sites (tertiary alicyclic amines) is 1. The van der Waals surface area contributed by atoms with E-state index in [1.54, 1.807) is 24.3 Å². The van der Waals surface area contributed by atoms with Gasteiger partial charge in [0, 0.05) is 29.9 Å². The van der Waals surface area contributed by atoms with Gasteiger partial charge in [0.25, 0.3) is 11.8 Å². The van der Waals surface area contributed by atoms with E-state index in [-0.39, 0.29) is 11.8 Å². The number of hydrogen-bond donors (Lipinski definition) is 1. The molecule has 4 heteroatoms. The lowest BCUT2D eigenvalue weighted by molar-refractivity contribution is 0.0683. The van der Waals surface area contributed by atoms with Crippen LogP contribution in [0.4, 0.5) is 5.69 Å². The predicted molar refractivity (Wildman–Crippen MR) is 105 cm³/mol. The number of aryl methyl sites for hydroxylation is 2. The summed E-state index contributed by atoms with van der Waals surface area (Å²) in [5, 5.41) is 2.93. The van der Waals surface area contributed by atoms with Gasteiger partial charge in [-0.05, 0) is 74.1 Å². The van der Waals surface area contributed by atoms with E-state index in [0.717, 1.165) is 36.3 Å². The second kappa shape index (κ2) is 7.73. The zero-order chi connectivity index (χ0) is 18.7. The minimum atomic E-state index is -0.198. The third-order valence-electron chi connectivity index (χ3n) is 4.80. The zero-order valence-electron chi connectivity index (χ0n) is 15.7. The minimum Gasteiger partial charge on any atom is -0.338 e. The molecule has 1 N–H and O–H groups in total. The van der Waals surface area contributed by atoms with Gasteiger partial charge < -0.3 is 10.2 Å². The van der Waals surface area contributed by atoms with E-state index in [9.17, 15) is 9.59 Å². The SMILES string of the molecule is Cc1cc(C)cc(NC(=O)c2cccc(C(=O)N3CCCC(C)C3)c2)c1. The van der Waals surface area contributed by atoms with Crippen molar-refractivity contribution in [2.24, 2.45) is 5.92 Å². The maximum absolute atomic E-state index is 12.8. The van der Waals surface area contributed by atoms with Crippen molar-refractivity contribution in [3.8, 4) is 0 Å². The first kappa shape index (κ1) is 18.2. The fourth-order valence-corrected chi connectivity index (χ4v) is 3.60. The Labute approximate surface area is 155 Å². The molecule has 0 radical (unpaired) electrons. The Morgan fingerprint density at radius 2 is 1.73 bits per heavy atom. The molecule has 2 aromatic carbocycles. The molecule has 0 bridgehead atoms. The lowest BCUT2D eigenvalue weighted by Crippen LogP contribution is -2.39. The van der Waals surface area contributed by atoms with E-state index in [1.165, 1.54) is 6.42 Å². The second-order valence-corrected chi connectivity index (χ2v) is 7.41. The minimum absolute atomic E-state index is 0.0117. The number of rotatable bonds is 3. The van der Waals surface area contributed by atoms with Gasteiger partial charge in [-0.15, -0.1) is 0 Å². The lowest BCUT2D eigenvalue weighted by Gasteiger charge is -2.31. The van der Waals surface area contributed by atoms with E-state index in [4.69, 9.17) is 0 Å². The molecule has 2 amide bonds. The number of piperidine rings is 1. The number of benzene rings is 2. The second-order valence-electron chi connectivity index (χ2n) is 7.41. The maximum Gasteiger partial charge on any atom is 0.255 e. The van der Waals surface area contributed by atoms with Crippen molar-refractivity contribution >= 4 is 17.5 Å². The summed E-state index contributed by atoms with van der Waals surface area (Å²) in [6.07, 6.45) is 2.21. The Kier molecular flexibility index (Phi) is 5.40. The molecular weight excluding hydrogens is 324 g/mol. The van der Waals surface area contributed by atoms with E-state index < -0.39 is 0 Å². The van der Waals surface area contributed by atoms with Crippen LogP contribution in [0.1, 0.15) is 51.6 Å². The molecule has 2 aromatic rings. The van der Waals surface area contributed by atoms with Gasteiger partial charge in [-0.25, -0.2) is 0 Å². The quantitative estimate of drug-likeness (QED) is 0.890. The maximum atomic E-state index is 12.8. The molecule has 1 unspecified atom stereocenters. The Balaban J connectivity index is 1.75. The molecule has 0 aromatic heterocycles. The molecule has 1 heterocycles. The van der Waals surface area contributed by atoms with Gasteiger partial charge in [0.2, 0.25) is 0 Å².